The lowest BCUT2D eigenvalue weighted by Crippen LogP contribution is -2.30. The number of urea groups is 1. The van der Waals surface area contributed by atoms with Gasteiger partial charge in [0.1, 0.15) is 0 Å². The molecular formula is C10H20N2OS. The molecule has 0 aromatic heterocycles. The van der Waals surface area contributed by atoms with Crippen molar-refractivity contribution in [2.75, 3.05) is 32.4 Å². The van der Waals surface area contributed by atoms with Gasteiger partial charge in [-0.1, -0.05) is 6.92 Å². The second kappa shape index (κ2) is 5.49. The van der Waals surface area contributed by atoms with Crippen molar-refractivity contribution in [3.05, 3.63) is 0 Å². The Kier molecular flexibility index (Phi) is 4.58. The molecular weight excluding hydrogens is 196 g/mol. The van der Waals surface area contributed by atoms with Crippen LogP contribution in [-0.4, -0.2) is 48.3 Å². The van der Waals surface area contributed by atoms with E-state index >= 15 is 0 Å². The van der Waals surface area contributed by atoms with Gasteiger partial charge in [0.05, 0.1) is 0 Å². The van der Waals surface area contributed by atoms with E-state index in [2.05, 4.69) is 19.6 Å². The standard InChI is InChI=1S/C10H20N2OS/c1-9(4-8-14)3-5-12-7-6-11(2)10(12)13/h9,14H,3-8H2,1-2H3. The largest absolute Gasteiger partial charge is 0.326 e. The molecule has 0 radical (unpaired) electrons. The lowest BCUT2D eigenvalue weighted by Gasteiger charge is -2.18. The number of carbonyl (C=O) groups excluding carboxylic acids is 1. The third-order valence-corrected chi connectivity index (χ3v) is 3.07. The molecule has 1 rings (SSSR count). The molecule has 0 aromatic rings. The first kappa shape index (κ1) is 11.7. The van der Waals surface area contributed by atoms with E-state index in [0.717, 1.165) is 38.2 Å². The SMILES string of the molecule is CC(CCS)CCN1CCN(C)C1=O. The van der Waals surface area contributed by atoms with Crippen LogP contribution in [0.3, 0.4) is 0 Å². The Hall–Kier alpha value is -0.380. The molecule has 1 atom stereocenters. The smallest absolute Gasteiger partial charge is 0.319 e. The van der Waals surface area contributed by atoms with Gasteiger partial charge in [-0.05, 0) is 24.5 Å². The van der Waals surface area contributed by atoms with Crippen molar-refractivity contribution in [3.8, 4) is 0 Å². The topological polar surface area (TPSA) is 23.6 Å². The van der Waals surface area contributed by atoms with Crippen LogP contribution in [0.1, 0.15) is 19.8 Å². The molecule has 14 heavy (non-hydrogen) atoms. The first-order valence-electron chi connectivity index (χ1n) is 5.26. The van der Waals surface area contributed by atoms with Crippen LogP contribution in [0.5, 0.6) is 0 Å². The summed E-state index contributed by atoms with van der Waals surface area (Å²) in [6.45, 7) is 4.89. The number of carbonyl (C=O) groups is 1. The Morgan fingerprint density at radius 3 is 2.64 bits per heavy atom. The van der Waals surface area contributed by atoms with Crippen LogP contribution >= 0.6 is 12.6 Å². The van der Waals surface area contributed by atoms with Crippen LogP contribution in [0.25, 0.3) is 0 Å². The minimum Gasteiger partial charge on any atom is -0.326 e. The molecule has 82 valence electrons. The molecule has 1 fully saturated rings. The summed E-state index contributed by atoms with van der Waals surface area (Å²) in [5.41, 5.74) is 0. The zero-order valence-corrected chi connectivity index (χ0v) is 9.96. The molecule has 2 amide bonds. The molecule has 1 heterocycles. The van der Waals surface area contributed by atoms with Gasteiger partial charge in [0.2, 0.25) is 0 Å². The van der Waals surface area contributed by atoms with E-state index in [1.807, 2.05) is 11.9 Å². The first-order valence-corrected chi connectivity index (χ1v) is 5.89. The van der Waals surface area contributed by atoms with E-state index in [0.29, 0.717) is 5.92 Å². The van der Waals surface area contributed by atoms with Gasteiger partial charge in [-0.2, -0.15) is 12.6 Å². The van der Waals surface area contributed by atoms with E-state index in [1.54, 1.807) is 4.90 Å². The fourth-order valence-corrected chi connectivity index (χ4v) is 2.09. The summed E-state index contributed by atoms with van der Waals surface area (Å²) in [4.78, 5) is 15.2. The van der Waals surface area contributed by atoms with Crippen LogP contribution in [-0.2, 0) is 0 Å². The Balaban J connectivity index is 2.22. The minimum absolute atomic E-state index is 0.183. The minimum atomic E-state index is 0.183. The molecule has 0 aromatic carbocycles. The van der Waals surface area contributed by atoms with Gasteiger partial charge in [0.15, 0.2) is 0 Å². The fourth-order valence-electron chi connectivity index (χ4n) is 1.65. The summed E-state index contributed by atoms with van der Waals surface area (Å²) >= 11 is 4.21. The number of nitrogens with zero attached hydrogens (tertiary/aromatic N) is 2. The Labute approximate surface area is 91.9 Å². The Morgan fingerprint density at radius 1 is 1.43 bits per heavy atom. The zero-order chi connectivity index (χ0) is 10.6. The number of hydrogen-bond donors (Lipinski definition) is 1. The van der Waals surface area contributed by atoms with Gasteiger partial charge < -0.3 is 9.80 Å². The summed E-state index contributed by atoms with van der Waals surface area (Å²) in [5, 5.41) is 0. The summed E-state index contributed by atoms with van der Waals surface area (Å²) in [5.74, 6) is 1.61. The zero-order valence-electron chi connectivity index (χ0n) is 9.07. The monoisotopic (exact) mass is 216 g/mol. The van der Waals surface area contributed by atoms with Gasteiger partial charge in [-0.25, -0.2) is 4.79 Å². The summed E-state index contributed by atoms with van der Waals surface area (Å²) in [7, 11) is 1.86. The van der Waals surface area contributed by atoms with E-state index in [4.69, 9.17) is 0 Å². The molecule has 0 spiro atoms. The van der Waals surface area contributed by atoms with Gasteiger partial charge in [-0.15, -0.1) is 0 Å². The fraction of sp³-hybridized carbons (Fsp3) is 0.900. The molecule has 0 N–H and O–H groups in total. The van der Waals surface area contributed by atoms with E-state index in [-0.39, 0.29) is 6.03 Å². The van der Waals surface area contributed by atoms with Crippen molar-refractivity contribution < 1.29 is 4.79 Å². The molecule has 0 bridgehead atoms. The first-order chi connectivity index (χ1) is 6.65. The van der Waals surface area contributed by atoms with Crippen LogP contribution in [0, 0.1) is 5.92 Å². The predicted octanol–water partition coefficient (Wildman–Crippen LogP) is 1.70. The quantitative estimate of drug-likeness (QED) is 0.695. The highest BCUT2D eigenvalue weighted by Crippen LogP contribution is 2.12. The molecule has 0 saturated carbocycles. The van der Waals surface area contributed by atoms with Crippen LogP contribution in [0.2, 0.25) is 0 Å². The van der Waals surface area contributed by atoms with Crippen molar-refractivity contribution in [2.45, 2.75) is 19.8 Å². The number of hydrogen-bond acceptors (Lipinski definition) is 2. The average molecular weight is 216 g/mol. The van der Waals surface area contributed by atoms with Crippen molar-refractivity contribution >= 4 is 18.7 Å². The molecule has 4 heteroatoms. The van der Waals surface area contributed by atoms with Crippen LogP contribution < -0.4 is 0 Å². The van der Waals surface area contributed by atoms with Crippen molar-refractivity contribution in [3.63, 3.8) is 0 Å². The third kappa shape index (κ3) is 3.08. The van der Waals surface area contributed by atoms with E-state index < -0.39 is 0 Å². The molecule has 1 unspecified atom stereocenters. The highest BCUT2D eigenvalue weighted by molar-refractivity contribution is 7.80. The highest BCUT2D eigenvalue weighted by atomic mass is 32.1. The Morgan fingerprint density at radius 2 is 2.14 bits per heavy atom. The summed E-state index contributed by atoms with van der Waals surface area (Å²) < 4.78 is 0. The lowest BCUT2D eigenvalue weighted by molar-refractivity contribution is 0.196. The number of thiol groups is 1. The lowest BCUT2D eigenvalue weighted by atomic mass is 10.1. The van der Waals surface area contributed by atoms with Gasteiger partial charge in [-0.3, -0.25) is 0 Å². The van der Waals surface area contributed by atoms with Crippen LogP contribution in [0.4, 0.5) is 4.79 Å². The summed E-state index contributed by atoms with van der Waals surface area (Å²) in [6.07, 6.45) is 2.24. The van der Waals surface area contributed by atoms with E-state index in [9.17, 15) is 4.79 Å². The second-order valence-corrected chi connectivity index (χ2v) is 4.54. The highest BCUT2D eigenvalue weighted by Gasteiger charge is 2.24. The van der Waals surface area contributed by atoms with Crippen LogP contribution in [0.15, 0.2) is 0 Å². The number of rotatable bonds is 5. The maximum Gasteiger partial charge on any atom is 0.319 e. The maximum absolute atomic E-state index is 11.5. The molecule has 1 aliphatic rings. The summed E-state index contributed by atoms with van der Waals surface area (Å²) in [6, 6.07) is 0.183. The molecule has 0 aliphatic carbocycles. The van der Waals surface area contributed by atoms with Crippen molar-refractivity contribution in [1.82, 2.24) is 9.80 Å². The van der Waals surface area contributed by atoms with Gasteiger partial charge in [0.25, 0.3) is 0 Å². The van der Waals surface area contributed by atoms with Gasteiger partial charge >= 0.3 is 6.03 Å². The average Bonchev–Trinajstić information content (AvgIpc) is 2.46. The molecule has 1 saturated heterocycles. The normalized spacial score (nSPS) is 19.2. The predicted molar refractivity (Wildman–Crippen MR) is 61.9 cm³/mol. The van der Waals surface area contributed by atoms with Crippen molar-refractivity contribution in [2.24, 2.45) is 5.92 Å². The molecule has 3 nitrogen and oxygen atoms in total. The number of amides is 2. The Bertz CT molecular complexity index is 199. The van der Waals surface area contributed by atoms with Gasteiger partial charge in [0, 0.05) is 26.7 Å². The van der Waals surface area contributed by atoms with Crippen molar-refractivity contribution in [1.29, 1.82) is 0 Å². The molecule has 1 aliphatic heterocycles. The third-order valence-electron chi connectivity index (χ3n) is 2.82. The number of likely N-dealkylation sites (N-methyl/N-ethyl adjacent to an activating group) is 1. The van der Waals surface area contributed by atoms with E-state index in [1.165, 1.54) is 0 Å². The second-order valence-electron chi connectivity index (χ2n) is 4.10. The maximum atomic E-state index is 11.5.